The molecule has 1 aromatic carbocycles. The van der Waals surface area contributed by atoms with Crippen molar-refractivity contribution in [3.8, 4) is 0 Å². The lowest BCUT2D eigenvalue weighted by Crippen LogP contribution is -2.32. The zero-order valence-corrected chi connectivity index (χ0v) is 9.63. The molecule has 1 aromatic rings. The third-order valence-corrected chi connectivity index (χ3v) is 2.70. The van der Waals surface area contributed by atoms with Crippen molar-refractivity contribution in [2.45, 2.75) is 33.2 Å². The smallest absolute Gasteiger partial charge is 0.127 e. The normalized spacial score (nSPS) is 12.5. The molecule has 15 heavy (non-hydrogen) atoms. The summed E-state index contributed by atoms with van der Waals surface area (Å²) in [4.78, 5) is 2.15. The minimum absolute atomic E-state index is 0.272. The van der Waals surface area contributed by atoms with Crippen LogP contribution in [-0.4, -0.2) is 12.6 Å². The molecule has 1 rings (SSSR count). The van der Waals surface area contributed by atoms with Crippen LogP contribution in [0.15, 0.2) is 18.2 Å². The van der Waals surface area contributed by atoms with E-state index in [9.17, 15) is 4.39 Å². The maximum atomic E-state index is 13.2. The van der Waals surface area contributed by atoms with Crippen LogP contribution in [0.1, 0.15) is 27.2 Å². The molecule has 0 amide bonds. The lowest BCUT2D eigenvalue weighted by atomic mass is 10.1. The molecule has 0 aromatic heterocycles. The highest BCUT2D eigenvalue weighted by atomic mass is 19.1. The molecular weight excluding hydrogens is 191 g/mol. The largest absolute Gasteiger partial charge is 0.399 e. The lowest BCUT2D eigenvalue weighted by Gasteiger charge is -2.29. The molecule has 0 aliphatic rings. The minimum atomic E-state index is -0.272. The molecule has 0 saturated carbocycles. The average molecular weight is 210 g/mol. The van der Waals surface area contributed by atoms with E-state index in [0.717, 1.165) is 18.7 Å². The second kappa shape index (κ2) is 5.01. The Balaban J connectivity index is 3.01. The second-order valence-corrected chi connectivity index (χ2v) is 3.79. The van der Waals surface area contributed by atoms with E-state index in [1.807, 2.05) is 6.07 Å². The number of rotatable bonds is 4. The van der Waals surface area contributed by atoms with Gasteiger partial charge in [-0.15, -0.1) is 0 Å². The molecule has 0 radical (unpaired) electrons. The van der Waals surface area contributed by atoms with E-state index in [-0.39, 0.29) is 5.82 Å². The zero-order valence-electron chi connectivity index (χ0n) is 9.63. The topological polar surface area (TPSA) is 29.3 Å². The van der Waals surface area contributed by atoms with Crippen LogP contribution in [0.25, 0.3) is 0 Å². The van der Waals surface area contributed by atoms with Crippen molar-refractivity contribution in [2.24, 2.45) is 0 Å². The molecule has 2 N–H and O–H groups in total. The maximum Gasteiger partial charge on any atom is 0.127 e. The molecule has 0 spiro atoms. The van der Waals surface area contributed by atoms with E-state index in [0.29, 0.717) is 11.7 Å². The predicted octanol–water partition coefficient (Wildman–Crippen LogP) is 3.03. The Morgan fingerprint density at radius 1 is 1.33 bits per heavy atom. The number of hydrogen-bond acceptors (Lipinski definition) is 2. The van der Waals surface area contributed by atoms with Gasteiger partial charge in [0.25, 0.3) is 0 Å². The number of hydrogen-bond donors (Lipinski definition) is 1. The van der Waals surface area contributed by atoms with Crippen LogP contribution in [0.3, 0.4) is 0 Å². The molecule has 0 aliphatic heterocycles. The minimum Gasteiger partial charge on any atom is -0.399 e. The molecule has 0 saturated heterocycles. The van der Waals surface area contributed by atoms with E-state index in [1.54, 1.807) is 0 Å². The monoisotopic (exact) mass is 210 g/mol. The number of nitrogens with two attached hydrogens (primary N) is 1. The molecule has 84 valence electrons. The Morgan fingerprint density at radius 2 is 2.00 bits per heavy atom. The van der Waals surface area contributed by atoms with Crippen LogP contribution >= 0.6 is 0 Å². The van der Waals surface area contributed by atoms with Crippen molar-refractivity contribution in [3.05, 3.63) is 24.0 Å². The van der Waals surface area contributed by atoms with Crippen molar-refractivity contribution >= 4 is 11.4 Å². The number of nitrogen functional groups attached to an aromatic ring is 1. The fraction of sp³-hybridized carbons (Fsp3) is 0.500. The van der Waals surface area contributed by atoms with Gasteiger partial charge < -0.3 is 10.6 Å². The summed E-state index contributed by atoms with van der Waals surface area (Å²) < 4.78 is 13.2. The summed E-state index contributed by atoms with van der Waals surface area (Å²) in [6.45, 7) is 7.17. The number of anilines is 2. The molecule has 2 nitrogen and oxygen atoms in total. The van der Waals surface area contributed by atoms with Gasteiger partial charge in [0.2, 0.25) is 0 Å². The SMILES string of the molecule is CCC(C)N(CC)c1cc(N)cc(F)c1. The standard InChI is InChI=1S/C12H19FN2/c1-4-9(3)15(5-2)12-7-10(13)6-11(14)8-12/h6-9H,4-5,14H2,1-3H3. The number of halogens is 1. The van der Waals surface area contributed by atoms with Gasteiger partial charge >= 0.3 is 0 Å². The lowest BCUT2D eigenvalue weighted by molar-refractivity contribution is 0.612. The molecule has 1 unspecified atom stereocenters. The third kappa shape index (κ3) is 2.85. The maximum absolute atomic E-state index is 13.2. The molecule has 3 heteroatoms. The summed E-state index contributed by atoms with van der Waals surface area (Å²) in [7, 11) is 0. The Kier molecular flexibility index (Phi) is 3.95. The van der Waals surface area contributed by atoms with Crippen molar-refractivity contribution in [1.82, 2.24) is 0 Å². The molecule has 0 aliphatic carbocycles. The van der Waals surface area contributed by atoms with Crippen LogP contribution in [0, 0.1) is 5.82 Å². The first kappa shape index (κ1) is 11.8. The highest BCUT2D eigenvalue weighted by Gasteiger charge is 2.12. The van der Waals surface area contributed by atoms with Gasteiger partial charge in [0, 0.05) is 24.0 Å². The zero-order chi connectivity index (χ0) is 11.4. The molecule has 0 bridgehead atoms. The highest BCUT2D eigenvalue weighted by molar-refractivity contribution is 5.56. The summed E-state index contributed by atoms with van der Waals surface area (Å²) in [6, 6.07) is 5.09. The molecule has 1 atom stereocenters. The summed E-state index contributed by atoms with van der Waals surface area (Å²) in [5, 5.41) is 0. The first-order chi connectivity index (χ1) is 7.08. The molecular formula is C12H19FN2. The fourth-order valence-corrected chi connectivity index (χ4v) is 1.73. The van der Waals surface area contributed by atoms with Gasteiger partial charge in [-0.05, 0) is 38.5 Å². The van der Waals surface area contributed by atoms with Gasteiger partial charge in [-0.25, -0.2) is 4.39 Å². The van der Waals surface area contributed by atoms with E-state index < -0.39 is 0 Å². The Labute approximate surface area is 90.9 Å². The van der Waals surface area contributed by atoms with Crippen molar-refractivity contribution in [3.63, 3.8) is 0 Å². The number of nitrogens with zero attached hydrogens (tertiary/aromatic N) is 1. The summed E-state index contributed by atoms with van der Waals surface area (Å²) in [5.74, 6) is -0.272. The predicted molar refractivity (Wildman–Crippen MR) is 63.6 cm³/mol. The van der Waals surface area contributed by atoms with Gasteiger partial charge in [0.15, 0.2) is 0 Å². The summed E-state index contributed by atoms with van der Waals surface area (Å²) >= 11 is 0. The quantitative estimate of drug-likeness (QED) is 0.774. The van der Waals surface area contributed by atoms with Gasteiger partial charge in [-0.1, -0.05) is 6.92 Å². The third-order valence-electron chi connectivity index (χ3n) is 2.70. The van der Waals surface area contributed by atoms with E-state index >= 15 is 0 Å². The van der Waals surface area contributed by atoms with Crippen molar-refractivity contribution in [1.29, 1.82) is 0 Å². The van der Waals surface area contributed by atoms with E-state index in [4.69, 9.17) is 5.73 Å². The first-order valence-electron chi connectivity index (χ1n) is 5.41. The van der Waals surface area contributed by atoms with Crippen molar-refractivity contribution in [2.75, 3.05) is 17.2 Å². The van der Waals surface area contributed by atoms with Crippen molar-refractivity contribution < 1.29 is 4.39 Å². The Bertz CT molecular complexity index is 305. The Morgan fingerprint density at radius 3 is 2.47 bits per heavy atom. The second-order valence-electron chi connectivity index (χ2n) is 3.79. The van der Waals surface area contributed by atoms with Crippen LogP contribution in [0.4, 0.5) is 15.8 Å². The molecule has 0 fully saturated rings. The number of benzene rings is 1. The van der Waals surface area contributed by atoms with Crippen LogP contribution in [0.5, 0.6) is 0 Å². The highest BCUT2D eigenvalue weighted by Crippen LogP contribution is 2.22. The average Bonchev–Trinajstić information content (AvgIpc) is 2.17. The summed E-state index contributed by atoms with van der Waals surface area (Å²) in [5.41, 5.74) is 6.97. The van der Waals surface area contributed by atoms with Crippen LogP contribution in [0.2, 0.25) is 0 Å². The van der Waals surface area contributed by atoms with Gasteiger partial charge in [-0.2, -0.15) is 0 Å². The molecule has 0 heterocycles. The van der Waals surface area contributed by atoms with Crippen LogP contribution in [-0.2, 0) is 0 Å². The first-order valence-corrected chi connectivity index (χ1v) is 5.41. The van der Waals surface area contributed by atoms with Gasteiger partial charge in [-0.3, -0.25) is 0 Å². The Hall–Kier alpha value is -1.25. The van der Waals surface area contributed by atoms with Crippen LogP contribution < -0.4 is 10.6 Å². The fourth-order valence-electron chi connectivity index (χ4n) is 1.73. The van der Waals surface area contributed by atoms with Gasteiger partial charge in [0.05, 0.1) is 0 Å². The van der Waals surface area contributed by atoms with Gasteiger partial charge in [0.1, 0.15) is 5.82 Å². The van der Waals surface area contributed by atoms with E-state index in [1.165, 1.54) is 12.1 Å². The van der Waals surface area contributed by atoms with E-state index in [2.05, 4.69) is 25.7 Å². The summed E-state index contributed by atoms with van der Waals surface area (Å²) in [6.07, 6.45) is 1.03.